The van der Waals surface area contributed by atoms with E-state index in [4.69, 9.17) is 5.26 Å². The molecule has 0 aromatic carbocycles. The molecule has 86 valence electrons. The van der Waals surface area contributed by atoms with Crippen molar-refractivity contribution in [1.82, 2.24) is 19.5 Å². The van der Waals surface area contributed by atoms with Crippen LogP contribution in [0.3, 0.4) is 0 Å². The van der Waals surface area contributed by atoms with Crippen molar-refractivity contribution in [1.29, 1.82) is 5.26 Å². The van der Waals surface area contributed by atoms with E-state index in [1.807, 2.05) is 13.0 Å². The number of nitrogens with zero attached hydrogens (tertiary/aromatic N) is 4. The number of aromatic nitrogens is 3. The van der Waals surface area contributed by atoms with Crippen LogP contribution in [0.4, 0.5) is 0 Å². The van der Waals surface area contributed by atoms with E-state index in [2.05, 4.69) is 14.8 Å². The van der Waals surface area contributed by atoms with Gasteiger partial charge in [0.1, 0.15) is 10.9 Å². The summed E-state index contributed by atoms with van der Waals surface area (Å²) in [4.78, 5) is 12.3. The van der Waals surface area contributed by atoms with Gasteiger partial charge in [-0.25, -0.2) is 4.68 Å². The molecule has 0 saturated carbocycles. The highest BCUT2D eigenvalue weighted by Crippen LogP contribution is 2.10. The second kappa shape index (κ2) is 4.76. The molecule has 1 N–H and O–H groups in total. The summed E-state index contributed by atoms with van der Waals surface area (Å²) in [6.07, 6.45) is 2.36. The predicted molar refractivity (Wildman–Crippen MR) is 61.2 cm³/mol. The van der Waals surface area contributed by atoms with Gasteiger partial charge in [-0.15, -0.1) is 0 Å². The molecule has 2 rings (SSSR count). The maximum Gasteiger partial charge on any atom is 0.265 e. The molecule has 0 saturated heterocycles. The Balaban J connectivity index is 2.10. The first-order valence-electron chi connectivity index (χ1n) is 4.83. The van der Waals surface area contributed by atoms with E-state index in [-0.39, 0.29) is 5.91 Å². The summed E-state index contributed by atoms with van der Waals surface area (Å²) in [5, 5.41) is 15.4. The molecule has 0 aliphatic carbocycles. The number of rotatable bonds is 3. The monoisotopic (exact) mass is 247 g/mol. The average Bonchev–Trinajstić information content (AvgIpc) is 2.96. The molecule has 6 nitrogen and oxygen atoms in total. The normalized spacial score (nSPS) is 11.8. The zero-order valence-corrected chi connectivity index (χ0v) is 9.81. The fourth-order valence-corrected chi connectivity index (χ4v) is 1.92. The summed E-state index contributed by atoms with van der Waals surface area (Å²) in [5.74, 6) is -0.322. The van der Waals surface area contributed by atoms with Gasteiger partial charge in [-0.05, 0) is 30.6 Å². The Morgan fingerprint density at radius 1 is 1.71 bits per heavy atom. The second-order valence-corrected chi connectivity index (χ2v) is 4.13. The van der Waals surface area contributed by atoms with Crippen LogP contribution in [0.1, 0.15) is 21.5 Å². The van der Waals surface area contributed by atoms with Gasteiger partial charge in [-0.1, -0.05) is 0 Å². The van der Waals surface area contributed by atoms with Crippen molar-refractivity contribution >= 4 is 17.4 Å². The molecular weight excluding hydrogens is 238 g/mol. The van der Waals surface area contributed by atoms with Crippen LogP contribution in [0.25, 0.3) is 0 Å². The van der Waals surface area contributed by atoms with Gasteiger partial charge in [0.15, 0.2) is 0 Å². The Kier molecular flexibility index (Phi) is 3.16. The molecule has 2 aromatic heterocycles. The molecule has 2 heterocycles. The summed E-state index contributed by atoms with van der Waals surface area (Å²) in [6, 6.07) is 5.33. The molecule has 1 unspecified atom stereocenters. The number of hydrogen-bond donors (Lipinski definition) is 1. The lowest BCUT2D eigenvalue weighted by molar-refractivity contribution is 0.0935. The van der Waals surface area contributed by atoms with Gasteiger partial charge in [0.25, 0.3) is 5.91 Å². The smallest absolute Gasteiger partial charge is 0.265 e. The molecule has 17 heavy (non-hydrogen) atoms. The fourth-order valence-electron chi connectivity index (χ4n) is 1.26. The highest BCUT2D eigenvalue weighted by Gasteiger charge is 2.16. The van der Waals surface area contributed by atoms with Crippen LogP contribution >= 0.6 is 11.5 Å². The van der Waals surface area contributed by atoms with Crippen molar-refractivity contribution in [2.24, 2.45) is 0 Å². The van der Waals surface area contributed by atoms with Gasteiger partial charge in [-0.2, -0.15) is 14.7 Å². The van der Waals surface area contributed by atoms with Crippen LogP contribution in [0.2, 0.25) is 0 Å². The molecule has 7 heteroatoms. The highest BCUT2D eigenvalue weighted by molar-refractivity contribution is 7.08. The lowest BCUT2D eigenvalue weighted by Gasteiger charge is -2.10. The fraction of sp³-hybridized carbons (Fsp3) is 0.200. The third kappa shape index (κ3) is 2.49. The average molecular weight is 247 g/mol. The predicted octanol–water partition coefficient (Wildman–Crippen LogP) is 1.10. The van der Waals surface area contributed by atoms with Crippen LogP contribution in [-0.2, 0) is 0 Å². The maximum atomic E-state index is 11.8. The number of carbonyl (C=O) groups is 1. The van der Waals surface area contributed by atoms with Crippen molar-refractivity contribution in [3.63, 3.8) is 0 Å². The van der Waals surface area contributed by atoms with E-state index in [9.17, 15) is 4.79 Å². The minimum Gasteiger partial charge on any atom is -0.318 e. The van der Waals surface area contributed by atoms with Crippen LogP contribution in [0.5, 0.6) is 0 Å². The standard InChI is InChI=1S/C10H9N5OS/c1-7-5-8(17-14-7)10(16)13-9(6-11)15-4-2-3-12-15/h2-5,9H,1H3,(H,13,16). The first-order valence-corrected chi connectivity index (χ1v) is 5.61. The van der Waals surface area contributed by atoms with Gasteiger partial charge >= 0.3 is 0 Å². The number of aryl methyl sites for hydroxylation is 1. The Bertz CT molecular complexity index is 554. The van der Waals surface area contributed by atoms with E-state index < -0.39 is 6.17 Å². The van der Waals surface area contributed by atoms with Crippen molar-refractivity contribution < 1.29 is 4.79 Å². The van der Waals surface area contributed by atoms with Crippen LogP contribution < -0.4 is 5.32 Å². The van der Waals surface area contributed by atoms with Gasteiger partial charge in [-0.3, -0.25) is 4.79 Å². The molecule has 0 aliphatic heterocycles. The summed E-state index contributed by atoms with van der Waals surface area (Å²) < 4.78 is 5.39. The molecule has 1 atom stereocenters. The summed E-state index contributed by atoms with van der Waals surface area (Å²) in [5.41, 5.74) is 0.785. The Morgan fingerprint density at radius 3 is 3.06 bits per heavy atom. The minimum atomic E-state index is -0.806. The van der Waals surface area contributed by atoms with E-state index in [1.54, 1.807) is 24.5 Å². The zero-order chi connectivity index (χ0) is 12.3. The number of carbonyl (C=O) groups excluding carboxylic acids is 1. The molecule has 0 radical (unpaired) electrons. The molecule has 1 amide bonds. The number of nitriles is 1. The van der Waals surface area contributed by atoms with Crippen molar-refractivity contribution in [2.45, 2.75) is 13.1 Å². The molecular formula is C10H9N5OS. The van der Waals surface area contributed by atoms with Gasteiger partial charge in [0, 0.05) is 12.4 Å². The SMILES string of the molecule is Cc1cc(C(=O)NC(C#N)n2cccn2)sn1. The van der Waals surface area contributed by atoms with Crippen molar-refractivity contribution in [3.8, 4) is 6.07 Å². The maximum absolute atomic E-state index is 11.8. The number of amides is 1. The molecule has 0 fully saturated rings. The highest BCUT2D eigenvalue weighted by atomic mass is 32.1. The van der Waals surface area contributed by atoms with Gasteiger partial charge in [0.05, 0.1) is 5.69 Å². The summed E-state index contributed by atoms with van der Waals surface area (Å²) in [7, 11) is 0. The third-order valence-electron chi connectivity index (χ3n) is 2.03. The largest absolute Gasteiger partial charge is 0.318 e. The van der Waals surface area contributed by atoms with Gasteiger partial charge < -0.3 is 5.32 Å². The Hall–Kier alpha value is -2.20. The Morgan fingerprint density at radius 2 is 2.53 bits per heavy atom. The van der Waals surface area contributed by atoms with E-state index >= 15 is 0 Å². The van der Waals surface area contributed by atoms with E-state index in [1.165, 1.54) is 4.68 Å². The molecule has 0 aliphatic rings. The third-order valence-corrected chi connectivity index (χ3v) is 2.91. The summed E-state index contributed by atoms with van der Waals surface area (Å²) in [6.45, 7) is 1.81. The molecule has 2 aromatic rings. The first kappa shape index (κ1) is 11.3. The quantitative estimate of drug-likeness (QED) is 0.880. The van der Waals surface area contributed by atoms with Crippen LogP contribution in [-0.4, -0.2) is 20.1 Å². The zero-order valence-electron chi connectivity index (χ0n) is 8.99. The molecule has 0 spiro atoms. The topological polar surface area (TPSA) is 83.6 Å². The van der Waals surface area contributed by atoms with Crippen LogP contribution in [0, 0.1) is 18.3 Å². The number of hydrogen-bond acceptors (Lipinski definition) is 5. The lowest BCUT2D eigenvalue weighted by Crippen LogP contribution is -2.31. The van der Waals surface area contributed by atoms with Crippen molar-refractivity contribution in [2.75, 3.05) is 0 Å². The summed E-state index contributed by atoms with van der Waals surface area (Å²) >= 11 is 1.11. The van der Waals surface area contributed by atoms with Crippen LogP contribution in [0.15, 0.2) is 24.5 Å². The van der Waals surface area contributed by atoms with Gasteiger partial charge in [0.2, 0.25) is 6.17 Å². The Labute approximate surface area is 102 Å². The second-order valence-electron chi connectivity index (χ2n) is 3.32. The lowest BCUT2D eigenvalue weighted by atomic mass is 10.4. The first-order chi connectivity index (χ1) is 8.20. The van der Waals surface area contributed by atoms with E-state index in [0.29, 0.717) is 4.88 Å². The molecule has 0 bridgehead atoms. The number of nitrogens with one attached hydrogen (secondary N) is 1. The minimum absolute atomic E-state index is 0.322. The van der Waals surface area contributed by atoms with E-state index in [0.717, 1.165) is 17.2 Å². The van der Waals surface area contributed by atoms with Crippen molar-refractivity contribution in [3.05, 3.63) is 35.1 Å².